The molecule has 0 radical (unpaired) electrons. The van der Waals surface area contributed by atoms with E-state index in [1.165, 1.54) is 4.90 Å². The van der Waals surface area contributed by atoms with Crippen LogP contribution in [0.4, 0.5) is 0 Å². The lowest BCUT2D eigenvalue weighted by Crippen LogP contribution is -2.50. The molecule has 0 aliphatic rings. The number of halogens is 2. The van der Waals surface area contributed by atoms with Crippen LogP contribution < -0.4 is 10.1 Å². The number of rotatable bonds is 9. The van der Waals surface area contributed by atoms with Gasteiger partial charge in [0.05, 0.1) is 10.0 Å². The van der Waals surface area contributed by atoms with E-state index in [2.05, 4.69) is 5.32 Å². The van der Waals surface area contributed by atoms with Gasteiger partial charge in [0, 0.05) is 12.6 Å². The molecule has 2 unspecified atom stereocenters. The molecule has 7 heteroatoms. The average Bonchev–Trinajstić information content (AvgIpc) is 2.71. The third-order valence-corrected chi connectivity index (χ3v) is 5.80. The van der Waals surface area contributed by atoms with Gasteiger partial charge in [0.25, 0.3) is 5.91 Å². The molecule has 5 nitrogen and oxygen atoms in total. The third kappa shape index (κ3) is 7.44. The fraction of sp³-hybridized carbons (Fsp3) is 0.417. The van der Waals surface area contributed by atoms with Crippen molar-refractivity contribution in [2.75, 3.05) is 6.61 Å². The van der Waals surface area contributed by atoms with Gasteiger partial charge in [-0.1, -0.05) is 42.3 Å². The standard InChI is InChI=1S/C24H30Cl2N2O3/c1-6-17(4)27-24(30)18(5)28(13-19-7-8-21(25)22(26)12-19)23(29)14-31-20-10-15(2)9-16(3)11-20/h7-12,17-18H,6,13-14H2,1-5H3,(H,27,30). The monoisotopic (exact) mass is 464 g/mol. The summed E-state index contributed by atoms with van der Waals surface area (Å²) in [5.41, 5.74) is 2.88. The van der Waals surface area contributed by atoms with Crippen LogP contribution in [0.2, 0.25) is 10.0 Å². The molecule has 2 amide bonds. The number of aryl methyl sites for hydroxylation is 2. The van der Waals surface area contributed by atoms with E-state index in [9.17, 15) is 9.59 Å². The van der Waals surface area contributed by atoms with Gasteiger partial charge in [-0.3, -0.25) is 9.59 Å². The molecule has 2 aromatic carbocycles. The second-order valence-electron chi connectivity index (χ2n) is 7.88. The zero-order chi connectivity index (χ0) is 23.1. The molecule has 1 N–H and O–H groups in total. The minimum absolute atomic E-state index is 0.0170. The van der Waals surface area contributed by atoms with Crippen molar-refractivity contribution in [2.24, 2.45) is 0 Å². The van der Waals surface area contributed by atoms with E-state index in [-0.39, 0.29) is 31.0 Å². The second-order valence-corrected chi connectivity index (χ2v) is 8.69. The summed E-state index contributed by atoms with van der Waals surface area (Å²) in [6.45, 7) is 9.61. The molecule has 0 fully saturated rings. The highest BCUT2D eigenvalue weighted by Crippen LogP contribution is 2.24. The summed E-state index contributed by atoms with van der Waals surface area (Å²) in [6, 6.07) is 10.3. The van der Waals surface area contributed by atoms with Gasteiger partial charge in [-0.2, -0.15) is 0 Å². The second kappa shape index (κ2) is 11.4. The first kappa shape index (κ1) is 25.0. The van der Waals surface area contributed by atoms with E-state index in [0.29, 0.717) is 15.8 Å². The summed E-state index contributed by atoms with van der Waals surface area (Å²) in [7, 11) is 0. The van der Waals surface area contributed by atoms with Crippen LogP contribution in [-0.4, -0.2) is 35.4 Å². The van der Waals surface area contributed by atoms with Crippen LogP contribution in [0.3, 0.4) is 0 Å². The van der Waals surface area contributed by atoms with Crippen molar-refractivity contribution < 1.29 is 14.3 Å². The molecule has 0 saturated heterocycles. The summed E-state index contributed by atoms with van der Waals surface area (Å²) in [5, 5.41) is 3.77. The van der Waals surface area contributed by atoms with Crippen LogP contribution in [0.1, 0.15) is 43.9 Å². The molecule has 0 saturated carbocycles. The minimum atomic E-state index is -0.682. The Hall–Kier alpha value is -2.24. The van der Waals surface area contributed by atoms with Crippen LogP contribution in [0, 0.1) is 13.8 Å². The van der Waals surface area contributed by atoms with Gasteiger partial charge in [0.2, 0.25) is 5.91 Å². The lowest BCUT2D eigenvalue weighted by atomic mass is 10.1. The minimum Gasteiger partial charge on any atom is -0.484 e. The Kier molecular flexibility index (Phi) is 9.20. The highest BCUT2D eigenvalue weighted by atomic mass is 35.5. The van der Waals surface area contributed by atoms with E-state index in [0.717, 1.165) is 23.1 Å². The fourth-order valence-corrected chi connectivity index (χ4v) is 3.45. The summed E-state index contributed by atoms with van der Waals surface area (Å²) >= 11 is 12.2. The lowest BCUT2D eigenvalue weighted by Gasteiger charge is -2.29. The number of benzene rings is 2. The van der Waals surface area contributed by atoms with Gasteiger partial charge in [-0.05, 0) is 75.1 Å². The van der Waals surface area contributed by atoms with Crippen molar-refractivity contribution >= 4 is 35.0 Å². The van der Waals surface area contributed by atoms with Crippen molar-refractivity contribution in [3.63, 3.8) is 0 Å². The van der Waals surface area contributed by atoms with Crippen LogP contribution in [-0.2, 0) is 16.1 Å². The van der Waals surface area contributed by atoms with E-state index in [1.807, 2.05) is 45.9 Å². The van der Waals surface area contributed by atoms with Crippen molar-refractivity contribution in [1.82, 2.24) is 10.2 Å². The van der Waals surface area contributed by atoms with Crippen molar-refractivity contribution in [2.45, 2.75) is 59.7 Å². The average molecular weight is 465 g/mol. The van der Waals surface area contributed by atoms with Gasteiger partial charge in [-0.15, -0.1) is 0 Å². The molecular formula is C24H30Cl2N2O3. The number of hydrogen-bond acceptors (Lipinski definition) is 3. The van der Waals surface area contributed by atoms with E-state index < -0.39 is 6.04 Å². The number of carbonyl (C=O) groups is 2. The lowest BCUT2D eigenvalue weighted by molar-refractivity contribution is -0.142. The first-order valence-corrected chi connectivity index (χ1v) is 11.1. The predicted molar refractivity (Wildman–Crippen MR) is 126 cm³/mol. The van der Waals surface area contributed by atoms with Crippen molar-refractivity contribution in [1.29, 1.82) is 0 Å². The molecule has 0 bridgehead atoms. The Balaban J connectivity index is 2.20. The Labute approximate surface area is 194 Å². The zero-order valence-electron chi connectivity index (χ0n) is 18.7. The first-order chi connectivity index (χ1) is 14.6. The Morgan fingerprint density at radius 3 is 2.26 bits per heavy atom. The molecular weight excluding hydrogens is 435 g/mol. The summed E-state index contributed by atoms with van der Waals surface area (Å²) in [5.74, 6) is 0.114. The highest BCUT2D eigenvalue weighted by molar-refractivity contribution is 6.42. The highest BCUT2D eigenvalue weighted by Gasteiger charge is 2.27. The van der Waals surface area contributed by atoms with E-state index >= 15 is 0 Å². The van der Waals surface area contributed by atoms with E-state index in [4.69, 9.17) is 27.9 Å². The van der Waals surface area contributed by atoms with Crippen LogP contribution >= 0.6 is 23.2 Å². The smallest absolute Gasteiger partial charge is 0.261 e. The molecule has 0 aliphatic carbocycles. The largest absolute Gasteiger partial charge is 0.484 e. The van der Waals surface area contributed by atoms with Gasteiger partial charge in [-0.25, -0.2) is 0 Å². The molecule has 2 aromatic rings. The van der Waals surface area contributed by atoms with Gasteiger partial charge in [0.15, 0.2) is 6.61 Å². The number of carbonyl (C=O) groups excluding carboxylic acids is 2. The molecule has 2 atom stereocenters. The maximum atomic E-state index is 13.1. The van der Waals surface area contributed by atoms with Gasteiger partial charge < -0.3 is 15.0 Å². The van der Waals surface area contributed by atoms with Gasteiger partial charge >= 0.3 is 0 Å². The number of nitrogens with one attached hydrogen (secondary N) is 1. The van der Waals surface area contributed by atoms with Gasteiger partial charge in [0.1, 0.15) is 11.8 Å². The molecule has 0 heterocycles. The summed E-state index contributed by atoms with van der Waals surface area (Å²) in [4.78, 5) is 27.3. The molecule has 0 aromatic heterocycles. The van der Waals surface area contributed by atoms with Crippen LogP contribution in [0.25, 0.3) is 0 Å². The summed E-state index contributed by atoms with van der Waals surface area (Å²) < 4.78 is 5.75. The SMILES string of the molecule is CCC(C)NC(=O)C(C)N(Cc1ccc(Cl)c(Cl)c1)C(=O)COc1cc(C)cc(C)c1. The maximum Gasteiger partial charge on any atom is 0.261 e. The Morgan fingerprint density at radius 2 is 1.68 bits per heavy atom. The molecule has 0 spiro atoms. The number of ether oxygens (including phenoxy) is 1. The molecule has 0 aliphatic heterocycles. The quantitative estimate of drug-likeness (QED) is 0.545. The fourth-order valence-electron chi connectivity index (χ4n) is 3.13. The molecule has 31 heavy (non-hydrogen) atoms. The van der Waals surface area contributed by atoms with Crippen molar-refractivity contribution in [3.05, 3.63) is 63.1 Å². The maximum absolute atomic E-state index is 13.1. The normalized spacial score (nSPS) is 12.7. The third-order valence-electron chi connectivity index (χ3n) is 5.06. The zero-order valence-corrected chi connectivity index (χ0v) is 20.2. The van der Waals surface area contributed by atoms with Crippen molar-refractivity contribution in [3.8, 4) is 5.75 Å². The number of hydrogen-bond donors (Lipinski definition) is 1. The van der Waals surface area contributed by atoms with Crippen LogP contribution in [0.5, 0.6) is 5.75 Å². The number of amides is 2. The van der Waals surface area contributed by atoms with E-state index in [1.54, 1.807) is 25.1 Å². The Bertz CT molecular complexity index is 913. The Morgan fingerprint density at radius 1 is 1.03 bits per heavy atom. The number of nitrogens with zero attached hydrogens (tertiary/aromatic N) is 1. The van der Waals surface area contributed by atoms with Crippen LogP contribution in [0.15, 0.2) is 36.4 Å². The summed E-state index contributed by atoms with van der Waals surface area (Å²) in [6.07, 6.45) is 0.801. The topological polar surface area (TPSA) is 58.6 Å². The molecule has 168 valence electrons. The molecule has 2 rings (SSSR count). The first-order valence-electron chi connectivity index (χ1n) is 10.4. The predicted octanol–water partition coefficient (Wildman–Crippen LogP) is 5.32.